The van der Waals surface area contributed by atoms with Crippen molar-refractivity contribution in [1.29, 1.82) is 0 Å². The van der Waals surface area contributed by atoms with Gasteiger partial charge in [0.2, 0.25) is 0 Å². The van der Waals surface area contributed by atoms with E-state index < -0.39 is 24.8 Å². The fourth-order valence-corrected chi connectivity index (χ4v) is 1.53. The highest BCUT2D eigenvalue weighted by molar-refractivity contribution is 5.68. The highest BCUT2D eigenvalue weighted by Crippen LogP contribution is 2.31. The second-order valence-electron chi connectivity index (χ2n) is 3.63. The van der Waals surface area contributed by atoms with Crippen molar-refractivity contribution < 1.29 is 19.7 Å². The normalized spacial score (nSPS) is 14.1. The molecule has 1 aromatic rings. The third-order valence-corrected chi connectivity index (χ3v) is 2.29. The summed E-state index contributed by atoms with van der Waals surface area (Å²) in [7, 11) is 0. The van der Waals surface area contributed by atoms with E-state index in [1.165, 1.54) is 6.92 Å². The number of carbonyl (C=O) groups is 1. The SMILES string of the molecule is CC(=O)OC(c1c(N)cccc1N)C(O)CO. The predicted octanol–water partition coefficient (Wildman–Crippen LogP) is -0.192. The molecule has 0 amide bonds. The molecular weight excluding hydrogens is 224 g/mol. The fourth-order valence-electron chi connectivity index (χ4n) is 1.53. The van der Waals surface area contributed by atoms with Gasteiger partial charge in [-0.1, -0.05) is 6.07 Å². The summed E-state index contributed by atoms with van der Waals surface area (Å²) in [6.07, 6.45) is -2.34. The van der Waals surface area contributed by atoms with Crippen LogP contribution < -0.4 is 11.5 Å². The van der Waals surface area contributed by atoms with Crippen LogP contribution in [0.5, 0.6) is 0 Å². The lowest BCUT2D eigenvalue weighted by atomic mass is 10.0. The van der Waals surface area contributed by atoms with Crippen molar-refractivity contribution in [2.24, 2.45) is 0 Å². The molecule has 0 saturated heterocycles. The molecule has 0 aliphatic carbocycles. The Hall–Kier alpha value is -1.79. The van der Waals surface area contributed by atoms with Gasteiger partial charge in [0.25, 0.3) is 0 Å². The van der Waals surface area contributed by atoms with Gasteiger partial charge in [-0.05, 0) is 12.1 Å². The highest BCUT2D eigenvalue weighted by atomic mass is 16.6. The van der Waals surface area contributed by atoms with Gasteiger partial charge >= 0.3 is 5.97 Å². The lowest BCUT2D eigenvalue weighted by Gasteiger charge is -2.24. The van der Waals surface area contributed by atoms with Crippen molar-refractivity contribution in [3.8, 4) is 0 Å². The molecule has 6 N–H and O–H groups in total. The zero-order valence-corrected chi connectivity index (χ0v) is 9.46. The summed E-state index contributed by atoms with van der Waals surface area (Å²) >= 11 is 0. The lowest BCUT2D eigenvalue weighted by Crippen LogP contribution is -2.27. The summed E-state index contributed by atoms with van der Waals surface area (Å²) in [5.41, 5.74) is 12.4. The molecule has 0 aliphatic rings. The van der Waals surface area contributed by atoms with Crippen LogP contribution in [0.4, 0.5) is 11.4 Å². The van der Waals surface area contributed by atoms with E-state index in [-0.39, 0.29) is 0 Å². The number of aliphatic hydroxyl groups is 2. The van der Waals surface area contributed by atoms with E-state index in [1.54, 1.807) is 18.2 Å². The minimum atomic E-state index is -1.27. The van der Waals surface area contributed by atoms with E-state index in [1.807, 2.05) is 0 Å². The van der Waals surface area contributed by atoms with Gasteiger partial charge in [0.15, 0.2) is 6.10 Å². The molecule has 1 aromatic carbocycles. The predicted molar refractivity (Wildman–Crippen MR) is 62.9 cm³/mol. The third kappa shape index (κ3) is 3.08. The number of nitrogens with two attached hydrogens (primary N) is 2. The van der Waals surface area contributed by atoms with Crippen LogP contribution in [0.3, 0.4) is 0 Å². The van der Waals surface area contributed by atoms with Crippen molar-refractivity contribution in [3.63, 3.8) is 0 Å². The topological polar surface area (TPSA) is 119 Å². The molecule has 2 atom stereocenters. The standard InChI is InChI=1S/C11H16N2O4/c1-6(15)17-11(9(16)5-14)10-7(12)3-2-4-8(10)13/h2-4,9,11,14,16H,5,12-13H2,1H3. The van der Waals surface area contributed by atoms with Crippen LogP contribution in [-0.2, 0) is 9.53 Å². The first-order valence-electron chi connectivity index (χ1n) is 5.07. The third-order valence-electron chi connectivity index (χ3n) is 2.29. The quantitative estimate of drug-likeness (QED) is 0.428. The highest BCUT2D eigenvalue weighted by Gasteiger charge is 2.27. The summed E-state index contributed by atoms with van der Waals surface area (Å²) in [5, 5.41) is 18.6. The van der Waals surface area contributed by atoms with Gasteiger partial charge in [-0.15, -0.1) is 0 Å². The van der Waals surface area contributed by atoms with Crippen LogP contribution in [0.2, 0.25) is 0 Å². The van der Waals surface area contributed by atoms with Gasteiger partial charge in [-0.3, -0.25) is 4.79 Å². The molecule has 17 heavy (non-hydrogen) atoms. The smallest absolute Gasteiger partial charge is 0.303 e. The number of hydrogen-bond acceptors (Lipinski definition) is 6. The van der Waals surface area contributed by atoms with Gasteiger partial charge in [0.1, 0.15) is 6.10 Å². The van der Waals surface area contributed by atoms with Gasteiger partial charge in [0.05, 0.1) is 6.61 Å². The van der Waals surface area contributed by atoms with Gasteiger partial charge in [-0.25, -0.2) is 0 Å². The van der Waals surface area contributed by atoms with Crippen molar-refractivity contribution >= 4 is 17.3 Å². The minimum absolute atomic E-state index is 0.295. The molecule has 0 fully saturated rings. The maximum atomic E-state index is 11.0. The number of benzene rings is 1. The molecule has 0 spiro atoms. The van der Waals surface area contributed by atoms with E-state index in [0.29, 0.717) is 16.9 Å². The van der Waals surface area contributed by atoms with E-state index in [0.717, 1.165) is 0 Å². The molecule has 0 aromatic heterocycles. The first kappa shape index (κ1) is 13.3. The van der Waals surface area contributed by atoms with Crippen molar-refractivity contribution in [2.75, 3.05) is 18.1 Å². The Balaban J connectivity index is 3.16. The summed E-state index contributed by atoms with van der Waals surface area (Å²) in [4.78, 5) is 11.0. The van der Waals surface area contributed by atoms with E-state index >= 15 is 0 Å². The molecule has 6 nitrogen and oxygen atoms in total. The number of esters is 1. The molecule has 94 valence electrons. The number of carbonyl (C=O) groups excluding carboxylic acids is 1. The summed E-state index contributed by atoms with van der Waals surface area (Å²) < 4.78 is 4.94. The number of anilines is 2. The first-order chi connectivity index (χ1) is 7.97. The van der Waals surface area contributed by atoms with Crippen LogP contribution in [0.1, 0.15) is 18.6 Å². The van der Waals surface area contributed by atoms with Crippen molar-refractivity contribution in [1.82, 2.24) is 0 Å². The fraction of sp³-hybridized carbons (Fsp3) is 0.364. The van der Waals surface area contributed by atoms with E-state index in [4.69, 9.17) is 21.3 Å². The molecule has 0 aliphatic heterocycles. The number of aliphatic hydroxyl groups excluding tert-OH is 2. The van der Waals surface area contributed by atoms with Gasteiger partial charge < -0.3 is 26.4 Å². The van der Waals surface area contributed by atoms with E-state index in [9.17, 15) is 9.90 Å². The Bertz CT molecular complexity index is 388. The summed E-state index contributed by atoms with van der Waals surface area (Å²) in [6, 6.07) is 4.79. The Kier molecular flexibility index (Phi) is 4.30. The summed E-state index contributed by atoms with van der Waals surface area (Å²) in [5.74, 6) is -0.592. The van der Waals surface area contributed by atoms with Crippen LogP contribution in [-0.4, -0.2) is 28.9 Å². The molecule has 2 unspecified atom stereocenters. The molecule has 0 bridgehead atoms. The molecule has 1 rings (SSSR count). The number of ether oxygens (including phenoxy) is 1. The minimum Gasteiger partial charge on any atom is -0.455 e. The van der Waals surface area contributed by atoms with Crippen LogP contribution in [0.25, 0.3) is 0 Å². The second kappa shape index (κ2) is 5.51. The zero-order valence-electron chi connectivity index (χ0n) is 9.46. The zero-order chi connectivity index (χ0) is 13.0. The Morgan fingerprint density at radius 1 is 1.41 bits per heavy atom. The largest absolute Gasteiger partial charge is 0.455 e. The van der Waals surface area contributed by atoms with Crippen molar-refractivity contribution in [3.05, 3.63) is 23.8 Å². The first-order valence-corrected chi connectivity index (χ1v) is 5.07. The van der Waals surface area contributed by atoms with E-state index in [2.05, 4.69) is 0 Å². The van der Waals surface area contributed by atoms with Crippen LogP contribution in [0.15, 0.2) is 18.2 Å². The average molecular weight is 240 g/mol. The molecule has 0 radical (unpaired) electrons. The Morgan fingerprint density at radius 2 is 1.94 bits per heavy atom. The number of hydrogen-bond donors (Lipinski definition) is 4. The number of nitrogen functional groups attached to an aromatic ring is 2. The molecular formula is C11H16N2O4. The Labute approximate surface area is 98.8 Å². The van der Waals surface area contributed by atoms with Gasteiger partial charge in [-0.2, -0.15) is 0 Å². The molecule has 0 heterocycles. The molecule has 0 saturated carbocycles. The van der Waals surface area contributed by atoms with Crippen LogP contribution >= 0.6 is 0 Å². The molecule has 6 heteroatoms. The second-order valence-corrected chi connectivity index (χ2v) is 3.63. The lowest BCUT2D eigenvalue weighted by molar-refractivity contribution is -0.154. The maximum Gasteiger partial charge on any atom is 0.303 e. The summed E-state index contributed by atoms with van der Waals surface area (Å²) in [6.45, 7) is 0.637. The monoisotopic (exact) mass is 240 g/mol. The number of rotatable bonds is 4. The Morgan fingerprint density at radius 3 is 2.35 bits per heavy atom. The maximum absolute atomic E-state index is 11.0. The van der Waals surface area contributed by atoms with Crippen LogP contribution in [0, 0.1) is 0 Å². The van der Waals surface area contributed by atoms with Crippen molar-refractivity contribution in [2.45, 2.75) is 19.1 Å². The van der Waals surface area contributed by atoms with Gasteiger partial charge in [0, 0.05) is 23.9 Å². The average Bonchev–Trinajstić information content (AvgIpc) is 2.26.